The van der Waals surface area contributed by atoms with Gasteiger partial charge in [-0.2, -0.15) is 0 Å². The summed E-state index contributed by atoms with van der Waals surface area (Å²) in [6.45, 7) is 7.88. The molecule has 1 N–H and O–H groups in total. The number of anilines is 1. The zero-order valence-corrected chi connectivity index (χ0v) is 16.6. The SMILES string of the molecule is CCOc1ccc(CNc2ccc3c(c2)nc(CN2CCOCC2)n3C)cc1. The quantitative estimate of drug-likeness (QED) is 0.681. The van der Waals surface area contributed by atoms with Gasteiger partial charge in [0.15, 0.2) is 0 Å². The van der Waals surface area contributed by atoms with Gasteiger partial charge in [0, 0.05) is 32.4 Å². The zero-order valence-electron chi connectivity index (χ0n) is 16.6. The van der Waals surface area contributed by atoms with Crippen LogP contribution in [0.25, 0.3) is 11.0 Å². The molecule has 0 radical (unpaired) electrons. The fourth-order valence-electron chi connectivity index (χ4n) is 3.53. The number of nitrogens with one attached hydrogen (secondary N) is 1. The second-order valence-electron chi connectivity index (χ2n) is 7.11. The predicted octanol–water partition coefficient (Wildman–Crippen LogP) is 3.42. The van der Waals surface area contributed by atoms with Crippen LogP contribution >= 0.6 is 0 Å². The van der Waals surface area contributed by atoms with Crippen LogP contribution in [0.3, 0.4) is 0 Å². The lowest BCUT2D eigenvalue weighted by atomic mass is 10.2. The molecule has 4 rings (SSSR count). The molecule has 28 heavy (non-hydrogen) atoms. The highest BCUT2D eigenvalue weighted by molar-refractivity contribution is 5.80. The van der Waals surface area contributed by atoms with Crippen LogP contribution in [0.5, 0.6) is 5.75 Å². The van der Waals surface area contributed by atoms with Crippen LogP contribution in [0, 0.1) is 0 Å². The van der Waals surface area contributed by atoms with Crippen LogP contribution in [-0.4, -0.2) is 47.4 Å². The largest absolute Gasteiger partial charge is 0.494 e. The Morgan fingerprint density at radius 3 is 2.64 bits per heavy atom. The zero-order chi connectivity index (χ0) is 19.3. The minimum absolute atomic E-state index is 0.690. The second kappa shape index (κ2) is 8.63. The van der Waals surface area contributed by atoms with E-state index >= 15 is 0 Å². The van der Waals surface area contributed by atoms with E-state index in [1.807, 2.05) is 19.1 Å². The molecule has 0 bridgehead atoms. The van der Waals surface area contributed by atoms with Gasteiger partial charge in [0.1, 0.15) is 11.6 Å². The van der Waals surface area contributed by atoms with Crippen LogP contribution in [0.2, 0.25) is 0 Å². The highest BCUT2D eigenvalue weighted by Crippen LogP contribution is 2.21. The average Bonchev–Trinajstić information content (AvgIpc) is 3.03. The molecule has 1 fully saturated rings. The summed E-state index contributed by atoms with van der Waals surface area (Å²) in [6.07, 6.45) is 0. The second-order valence-corrected chi connectivity index (χ2v) is 7.11. The van der Waals surface area contributed by atoms with Crippen LogP contribution in [0.4, 0.5) is 5.69 Å². The normalized spacial score (nSPS) is 15.1. The fraction of sp³-hybridized carbons (Fsp3) is 0.409. The van der Waals surface area contributed by atoms with Crippen molar-refractivity contribution in [2.75, 3.05) is 38.2 Å². The molecular formula is C22H28N4O2. The topological polar surface area (TPSA) is 51.6 Å². The smallest absolute Gasteiger partial charge is 0.123 e. The van der Waals surface area contributed by atoms with Crippen molar-refractivity contribution in [1.29, 1.82) is 0 Å². The first-order valence-corrected chi connectivity index (χ1v) is 9.94. The number of hydrogen-bond acceptors (Lipinski definition) is 5. The molecule has 3 aromatic rings. The van der Waals surface area contributed by atoms with Gasteiger partial charge in [-0.3, -0.25) is 4.90 Å². The van der Waals surface area contributed by atoms with Gasteiger partial charge >= 0.3 is 0 Å². The van der Waals surface area contributed by atoms with E-state index in [1.54, 1.807) is 0 Å². The molecule has 148 valence electrons. The Bertz CT molecular complexity index is 914. The molecule has 0 amide bonds. The molecule has 1 aliphatic heterocycles. The molecule has 1 aromatic heterocycles. The molecule has 1 saturated heterocycles. The van der Waals surface area contributed by atoms with E-state index in [2.05, 4.69) is 52.2 Å². The van der Waals surface area contributed by atoms with E-state index < -0.39 is 0 Å². The molecule has 6 nitrogen and oxygen atoms in total. The molecule has 2 aromatic carbocycles. The van der Waals surface area contributed by atoms with E-state index in [-0.39, 0.29) is 0 Å². The lowest BCUT2D eigenvalue weighted by Gasteiger charge is -2.26. The monoisotopic (exact) mass is 380 g/mol. The number of ether oxygens (including phenoxy) is 2. The maximum Gasteiger partial charge on any atom is 0.123 e. The number of rotatable bonds is 7. The minimum atomic E-state index is 0.690. The van der Waals surface area contributed by atoms with E-state index in [1.165, 1.54) is 5.56 Å². The number of nitrogens with zero attached hydrogens (tertiary/aromatic N) is 3. The third kappa shape index (κ3) is 4.29. The molecule has 0 spiro atoms. The lowest BCUT2D eigenvalue weighted by molar-refractivity contribution is 0.0328. The number of benzene rings is 2. The number of fused-ring (bicyclic) bond motifs is 1. The number of hydrogen-bond donors (Lipinski definition) is 1. The third-order valence-electron chi connectivity index (χ3n) is 5.17. The average molecular weight is 380 g/mol. The maximum absolute atomic E-state index is 5.50. The summed E-state index contributed by atoms with van der Waals surface area (Å²) in [5, 5.41) is 3.50. The Hall–Kier alpha value is -2.57. The van der Waals surface area contributed by atoms with Gasteiger partial charge in [0.25, 0.3) is 0 Å². The molecule has 0 saturated carbocycles. The Labute approximate surface area is 166 Å². The highest BCUT2D eigenvalue weighted by Gasteiger charge is 2.15. The third-order valence-corrected chi connectivity index (χ3v) is 5.17. The van der Waals surface area contributed by atoms with Gasteiger partial charge < -0.3 is 19.4 Å². The molecule has 0 aliphatic carbocycles. The summed E-state index contributed by atoms with van der Waals surface area (Å²) >= 11 is 0. The van der Waals surface area contributed by atoms with Crippen molar-refractivity contribution >= 4 is 16.7 Å². The van der Waals surface area contributed by atoms with Gasteiger partial charge in [0.2, 0.25) is 0 Å². The van der Waals surface area contributed by atoms with Crippen molar-refractivity contribution in [2.45, 2.75) is 20.0 Å². The molecule has 2 heterocycles. The number of imidazole rings is 1. The van der Waals surface area contributed by atoms with Gasteiger partial charge in [-0.1, -0.05) is 12.1 Å². The molecule has 0 unspecified atom stereocenters. The first-order chi connectivity index (χ1) is 13.7. The minimum Gasteiger partial charge on any atom is -0.494 e. The molecular weight excluding hydrogens is 352 g/mol. The van der Waals surface area contributed by atoms with Crippen molar-refractivity contribution in [3.05, 3.63) is 53.9 Å². The first-order valence-electron chi connectivity index (χ1n) is 9.94. The van der Waals surface area contributed by atoms with Crippen molar-refractivity contribution < 1.29 is 9.47 Å². The first kappa shape index (κ1) is 18.8. The van der Waals surface area contributed by atoms with Gasteiger partial charge in [0.05, 0.1) is 37.4 Å². The Morgan fingerprint density at radius 1 is 1.11 bits per heavy atom. The Morgan fingerprint density at radius 2 is 1.89 bits per heavy atom. The Balaban J connectivity index is 1.43. The maximum atomic E-state index is 5.50. The van der Waals surface area contributed by atoms with Gasteiger partial charge in [-0.15, -0.1) is 0 Å². The summed E-state index contributed by atoms with van der Waals surface area (Å²) in [5.74, 6) is 2.01. The van der Waals surface area contributed by atoms with E-state index in [4.69, 9.17) is 14.5 Å². The highest BCUT2D eigenvalue weighted by atomic mass is 16.5. The summed E-state index contributed by atoms with van der Waals surface area (Å²) in [6, 6.07) is 14.6. The van der Waals surface area contributed by atoms with Crippen molar-refractivity contribution in [1.82, 2.24) is 14.5 Å². The number of aryl methyl sites for hydroxylation is 1. The van der Waals surface area contributed by atoms with E-state index in [9.17, 15) is 0 Å². The lowest BCUT2D eigenvalue weighted by Crippen LogP contribution is -2.36. The van der Waals surface area contributed by atoms with E-state index in [0.29, 0.717) is 6.61 Å². The molecule has 6 heteroatoms. The summed E-state index contributed by atoms with van der Waals surface area (Å²) in [5.41, 5.74) is 4.49. The van der Waals surface area contributed by atoms with Gasteiger partial charge in [-0.25, -0.2) is 4.98 Å². The standard InChI is InChI=1S/C22H28N4O2/c1-3-28-19-7-4-17(5-8-19)15-23-18-6-9-21-20(14-18)24-22(25(21)2)16-26-10-12-27-13-11-26/h4-9,14,23H,3,10-13,15-16H2,1-2H3. The van der Waals surface area contributed by atoms with Crippen LogP contribution < -0.4 is 10.1 Å². The Kier molecular flexibility index (Phi) is 5.78. The van der Waals surface area contributed by atoms with Gasteiger partial charge in [-0.05, 0) is 42.8 Å². The van der Waals surface area contributed by atoms with Crippen molar-refractivity contribution in [3.8, 4) is 5.75 Å². The predicted molar refractivity (Wildman–Crippen MR) is 112 cm³/mol. The summed E-state index contributed by atoms with van der Waals surface area (Å²) in [7, 11) is 2.10. The molecule has 0 atom stereocenters. The van der Waals surface area contributed by atoms with Crippen molar-refractivity contribution in [3.63, 3.8) is 0 Å². The van der Waals surface area contributed by atoms with Crippen LogP contribution in [-0.2, 0) is 24.9 Å². The van der Waals surface area contributed by atoms with Crippen LogP contribution in [0.15, 0.2) is 42.5 Å². The number of aromatic nitrogens is 2. The summed E-state index contributed by atoms with van der Waals surface area (Å²) in [4.78, 5) is 7.28. The fourth-order valence-corrected chi connectivity index (χ4v) is 3.53. The van der Waals surface area contributed by atoms with Crippen LogP contribution in [0.1, 0.15) is 18.3 Å². The van der Waals surface area contributed by atoms with Crippen molar-refractivity contribution in [2.24, 2.45) is 7.05 Å². The van der Waals surface area contributed by atoms with E-state index in [0.717, 1.165) is 67.7 Å². The molecule has 1 aliphatic rings. The summed E-state index contributed by atoms with van der Waals surface area (Å²) < 4.78 is 13.1. The number of morpholine rings is 1.